The van der Waals surface area contributed by atoms with Gasteiger partial charge in [-0.25, -0.2) is 4.98 Å². The number of aromatic nitrogens is 2. The molecule has 1 rings (SSSR count). The molecule has 14 heavy (non-hydrogen) atoms. The molecule has 0 saturated carbocycles. The molecule has 76 valence electrons. The zero-order valence-electron chi connectivity index (χ0n) is 7.41. The summed E-state index contributed by atoms with van der Waals surface area (Å²) in [5.41, 5.74) is 5.15. The third-order valence-electron chi connectivity index (χ3n) is 1.37. The SMILES string of the molecule is NCCNC(=O)C(=O)Nc1ncc[nH]1. The zero-order chi connectivity index (χ0) is 10.4. The summed E-state index contributed by atoms with van der Waals surface area (Å²) in [6.45, 7) is 0.560. The van der Waals surface area contributed by atoms with Crippen LogP contribution < -0.4 is 16.4 Å². The van der Waals surface area contributed by atoms with Crippen LogP contribution in [-0.4, -0.2) is 34.9 Å². The van der Waals surface area contributed by atoms with Gasteiger partial charge in [0.25, 0.3) is 0 Å². The highest BCUT2D eigenvalue weighted by atomic mass is 16.2. The Balaban J connectivity index is 2.38. The number of carbonyl (C=O) groups excluding carboxylic acids is 2. The van der Waals surface area contributed by atoms with E-state index in [4.69, 9.17) is 5.73 Å². The molecule has 0 aliphatic carbocycles. The van der Waals surface area contributed by atoms with E-state index in [1.54, 1.807) is 0 Å². The molecule has 1 aromatic heterocycles. The summed E-state index contributed by atoms with van der Waals surface area (Å²) in [4.78, 5) is 28.5. The maximum atomic E-state index is 11.1. The van der Waals surface area contributed by atoms with Crippen molar-refractivity contribution in [2.24, 2.45) is 5.73 Å². The van der Waals surface area contributed by atoms with Crippen LogP contribution in [0, 0.1) is 0 Å². The first-order valence-electron chi connectivity index (χ1n) is 4.02. The largest absolute Gasteiger partial charge is 0.347 e. The van der Waals surface area contributed by atoms with E-state index >= 15 is 0 Å². The minimum Gasteiger partial charge on any atom is -0.347 e. The van der Waals surface area contributed by atoms with Crippen LogP contribution in [0.1, 0.15) is 0 Å². The molecule has 0 bridgehead atoms. The molecule has 0 aliphatic heterocycles. The van der Waals surface area contributed by atoms with Gasteiger partial charge in [-0.1, -0.05) is 0 Å². The Morgan fingerprint density at radius 2 is 2.29 bits per heavy atom. The number of nitrogens with one attached hydrogen (secondary N) is 3. The van der Waals surface area contributed by atoms with Crippen LogP contribution in [0.2, 0.25) is 0 Å². The van der Waals surface area contributed by atoms with Gasteiger partial charge >= 0.3 is 11.8 Å². The quantitative estimate of drug-likeness (QED) is 0.438. The van der Waals surface area contributed by atoms with E-state index in [0.29, 0.717) is 6.54 Å². The normalized spacial score (nSPS) is 9.50. The first kappa shape index (κ1) is 10.2. The average molecular weight is 197 g/mol. The summed E-state index contributed by atoms with van der Waals surface area (Å²) >= 11 is 0. The molecule has 0 unspecified atom stereocenters. The van der Waals surface area contributed by atoms with Crippen molar-refractivity contribution in [3.05, 3.63) is 12.4 Å². The van der Waals surface area contributed by atoms with Crippen LogP contribution in [0.15, 0.2) is 12.4 Å². The van der Waals surface area contributed by atoms with Crippen LogP contribution in [0.4, 0.5) is 5.95 Å². The number of imidazole rings is 1. The van der Waals surface area contributed by atoms with Crippen molar-refractivity contribution in [1.29, 1.82) is 0 Å². The number of hydrogen-bond donors (Lipinski definition) is 4. The lowest BCUT2D eigenvalue weighted by Gasteiger charge is -2.02. The van der Waals surface area contributed by atoms with Crippen molar-refractivity contribution >= 4 is 17.8 Å². The number of rotatable bonds is 3. The van der Waals surface area contributed by atoms with Crippen molar-refractivity contribution < 1.29 is 9.59 Å². The van der Waals surface area contributed by atoms with Crippen LogP contribution in [0.5, 0.6) is 0 Å². The summed E-state index contributed by atoms with van der Waals surface area (Å²) in [6.07, 6.45) is 3.00. The standard InChI is InChI=1S/C7H11N5O2/c8-1-2-9-5(13)6(14)12-7-10-3-4-11-7/h3-4H,1-2,8H2,(H,9,13)(H2,10,11,12,14). The first-order chi connectivity index (χ1) is 6.74. The third-order valence-corrected chi connectivity index (χ3v) is 1.37. The molecule has 1 heterocycles. The second-order valence-corrected chi connectivity index (χ2v) is 2.44. The molecule has 0 aromatic carbocycles. The highest BCUT2D eigenvalue weighted by Gasteiger charge is 2.13. The van der Waals surface area contributed by atoms with Gasteiger partial charge in [-0.15, -0.1) is 0 Å². The molecular weight excluding hydrogens is 186 g/mol. The summed E-state index contributed by atoms with van der Waals surface area (Å²) in [5.74, 6) is -1.27. The second-order valence-electron chi connectivity index (χ2n) is 2.44. The minimum absolute atomic E-state index is 0.234. The fraction of sp³-hybridized carbons (Fsp3) is 0.286. The topological polar surface area (TPSA) is 113 Å². The summed E-state index contributed by atoms with van der Waals surface area (Å²) < 4.78 is 0. The van der Waals surface area contributed by atoms with E-state index in [9.17, 15) is 9.59 Å². The lowest BCUT2D eigenvalue weighted by atomic mass is 10.5. The van der Waals surface area contributed by atoms with Crippen molar-refractivity contribution in [2.45, 2.75) is 0 Å². The molecule has 0 saturated heterocycles. The second kappa shape index (κ2) is 4.97. The van der Waals surface area contributed by atoms with Crippen molar-refractivity contribution in [3.63, 3.8) is 0 Å². The van der Waals surface area contributed by atoms with Crippen molar-refractivity contribution in [2.75, 3.05) is 18.4 Å². The molecule has 7 nitrogen and oxygen atoms in total. The number of amides is 2. The number of nitrogens with two attached hydrogens (primary N) is 1. The molecular formula is C7H11N5O2. The van der Waals surface area contributed by atoms with Gasteiger partial charge in [0.15, 0.2) is 0 Å². The number of aromatic amines is 1. The molecule has 7 heteroatoms. The molecule has 0 aliphatic rings. The summed E-state index contributed by atoms with van der Waals surface area (Å²) in [6, 6.07) is 0. The first-order valence-corrected chi connectivity index (χ1v) is 4.02. The van der Waals surface area contributed by atoms with Gasteiger partial charge in [0.1, 0.15) is 0 Å². The van der Waals surface area contributed by atoms with Gasteiger partial charge in [0, 0.05) is 25.5 Å². The Bertz CT molecular complexity index is 308. The molecule has 0 radical (unpaired) electrons. The van der Waals surface area contributed by atoms with Crippen LogP contribution in [0.25, 0.3) is 0 Å². The van der Waals surface area contributed by atoms with E-state index in [2.05, 4.69) is 20.6 Å². The maximum absolute atomic E-state index is 11.1. The molecule has 5 N–H and O–H groups in total. The Morgan fingerprint density at radius 3 is 2.86 bits per heavy atom. The molecule has 0 atom stereocenters. The Kier molecular flexibility index (Phi) is 3.62. The molecule has 2 amide bonds. The van der Waals surface area contributed by atoms with E-state index in [1.165, 1.54) is 12.4 Å². The molecule has 0 spiro atoms. The van der Waals surface area contributed by atoms with Gasteiger partial charge in [0.05, 0.1) is 0 Å². The van der Waals surface area contributed by atoms with Gasteiger partial charge in [-0.05, 0) is 0 Å². The van der Waals surface area contributed by atoms with Crippen LogP contribution in [0.3, 0.4) is 0 Å². The van der Waals surface area contributed by atoms with Gasteiger partial charge < -0.3 is 16.0 Å². The average Bonchev–Trinajstić information content (AvgIpc) is 2.66. The number of nitrogens with zero attached hydrogens (tertiary/aromatic N) is 1. The van der Waals surface area contributed by atoms with Crippen molar-refractivity contribution in [3.8, 4) is 0 Å². The smallest absolute Gasteiger partial charge is 0.315 e. The predicted octanol–water partition coefficient (Wildman–Crippen LogP) is -1.58. The fourth-order valence-corrected chi connectivity index (χ4v) is 0.764. The lowest BCUT2D eigenvalue weighted by molar-refractivity contribution is -0.136. The molecule has 0 fully saturated rings. The van der Waals surface area contributed by atoms with Gasteiger partial charge in [-0.3, -0.25) is 14.9 Å². The van der Waals surface area contributed by atoms with Crippen LogP contribution in [-0.2, 0) is 9.59 Å². The van der Waals surface area contributed by atoms with E-state index < -0.39 is 11.8 Å². The third kappa shape index (κ3) is 2.87. The Hall–Kier alpha value is -1.89. The van der Waals surface area contributed by atoms with E-state index in [1.807, 2.05) is 0 Å². The summed E-state index contributed by atoms with van der Waals surface area (Å²) in [5, 5.41) is 4.60. The highest BCUT2D eigenvalue weighted by molar-refractivity contribution is 6.39. The van der Waals surface area contributed by atoms with Crippen molar-refractivity contribution in [1.82, 2.24) is 15.3 Å². The minimum atomic E-state index is -0.770. The van der Waals surface area contributed by atoms with Gasteiger partial charge in [-0.2, -0.15) is 0 Å². The van der Waals surface area contributed by atoms with Crippen LogP contribution >= 0.6 is 0 Å². The lowest BCUT2D eigenvalue weighted by Crippen LogP contribution is -2.38. The monoisotopic (exact) mass is 197 g/mol. The number of anilines is 1. The highest BCUT2D eigenvalue weighted by Crippen LogP contribution is 1.93. The maximum Gasteiger partial charge on any atom is 0.315 e. The Morgan fingerprint density at radius 1 is 1.50 bits per heavy atom. The van der Waals surface area contributed by atoms with E-state index in [-0.39, 0.29) is 12.5 Å². The number of H-pyrrole nitrogens is 1. The number of hydrogen-bond acceptors (Lipinski definition) is 4. The predicted molar refractivity (Wildman–Crippen MR) is 49.3 cm³/mol. The fourth-order valence-electron chi connectivity index (χ4n) is 0.764. The van der Waals surface area contributed by atoms with E-state index in [0.717, 1.165) is 0 Å². The summed E-state index contributed by atoms with van der Waals surface area (Å²) in [7, 11) is 0. The molecule has 1 aromatic rings. The zero-order valence-corrected chi connectivity index (χ0v) is 7.41. The Labute approximate surface area is 80.1 Å². The van der Waals surface area contributed by atoms with Gasteiger partial charge in [0.2, 0.25) is 5.95 Å². The number of carbonyl (C=O) groups is 2.